The molecule has 0 saturated carbocycles. The smallest absolute Gasteiger partial charge is 0.258 e. The maximum absolute atomic E-state index is 12.7. The van der Waals surface area contributed by atoms with Gasteiger partial charge in [-0.1, -0.05) is 37.6 Å². The lowest BCUT2D eigenvalue weighted by molar-refractivity contribution is 0.0880. The molecule has 1 amide bonds. The molecule has 6 heteroatoms. The van der Waals surface area contributed by atoms with Crippen molar-refractivity contribution in [3.05, 3.63) is 69.8 Å². The molecule has 1 aromatic heterocycles. The van der Waals surface area contributed by atoms with E-state index in [2.05, 4.69) is 34.4 Å². The number of carbonyl (C=O) groups excluding carboxylic acids is 1. The second-order valence-corrected chi connectivity index (χ2v) is 9.01. The summed E-state index contributed by atoms with van der Waals surface area (Å²) in [6.07, 6.45) is 1.25. The average Bonchev–Trinajstić information content (AvgIpc) is 2.61. The number of nitrogens with zero attached hydrogens (tertiary/aromatic N) is 1. The van der Waals surface area contributed by atoms with Crippen molar-refractivity contribution >= 4 is 22.5 Å². The number of benzene rings is 2. The third kappa shape index (κ3) is 3.88. The molecule has 3 N–H and O–H groups in total. The van der Waals surface area contributed by atoms with Gasteiger partial charge in [0.05, 0.1) is 16.5 Å². The number of carbonyl (C=O) groups is 1. The van der Waals surface area contributed by atoms with Crippen molar-refractivity contribution in [1.29, 1.82) is 0 Å². The highest BCUT2D eigenvalue weighted by Crippen LogP contribution is 2.35. The van der Waals surface area contributed by atoms with E-state index < -0.39 is 5.66 Å². The largest absolute Gasteiger partial charge is 0.362 e. The van der Waals surface area contributed by atoms with Crippen LogP contribution in [0.4, 0.5) is 5.69 Å². The molecule has 6 nitrogen and oxygen atoms in total. The fourth-order valence-corrected chi connectivity index (χ4v) is 4.38. The molecular formula is C23H26N4O2. The topological polar surface area (TPSA) is 86.9 Å². The third-order valence-corrected chi connectivity index (χ3v) is 5.36. The fourth-order valence-electron chi connectivity index (χ4n) is 4.38. The minimum Gasteiger partial charge on any atom is -0.362 e. The van der Waals surface area contributed by atoms with Crippen LogP contribution in [0.1, 0.15) is 48.9 Å². The van der Waals surface area contributed by atoms with Crippen molar-refractivity contribution in [2.45, 2.75) is 46.2 Å². The van der Waals surface area contributed by atoms with E-state index in [-0.39, 0.29) is 16.9 Å². The van der Waals surface area contributed by atoms with Gasteiger partial charge in [0.15, 0.2) is 0 Å². The van der Waals surface area contributed by atoms with Crippen molar-refractivity contribution in [2.24, 2.45) is 5.41 Å². The second-order valence-electron chi connectivity index (χ2n) is 9.01. The lowest BCUT2D eigenvalue weighted by Crippen LogP contribution is -2.57. The van der Waals surface area contributed by atoms with E-state index in [1.54, 1.807) is 6.07 Å². The molecule has 150 valence electrons. The van der Waals surface area contributed by atoms with E-state index in [9.17, 15) is 9.59 Å². The predicted octanol–water partition coefficient (Wildman–Crippen LogP) is 3.76. The zero-order valence-corrected chi connectivity index (χ0v) is 17.2. The highest BCUT2D eigenvalue weighted by atomic mass is 16.2. The first-order valence-electron chi connectivity index (χ1n) is 9.84. The van der Waals surface area contributed by atoms with E-state index in [1.165, 1.54) is 0 Å². The first-order valence-corrected chi connectivity index (χ1v) is 9.84. The molecule has 0 saturated heterocycles. The van der Waals surface area contributed by atoms with Crippen LogP contribution >= 0.6 is 0 Å². The Morgan fingerprint density at radius 3 is 2.62 bits per heavy atom. The lowest BCUT2D eigenvalue weighted by atomic mass is 9.79. The van der Waals surface area contributed by atoms with Crippen molar-refractivity contribution in [3.63, 3.8) is 0 Å². The molecular weight excluding hydrogens is 364 g/mol. The normalized spacial score (nSPS) is 18.8. The Morgan fingerprint density at radius 2 is 1.83 bits per heavy atom. The van der Waals surface area contributed by atoms with E-state index in [4.69, 9.17) is 0 Å². The van der Waals surface area contributed by atoms with Gasteiger partial charge in [-0.3, -0.25) is 9.59 Å². The number of fused-ring (bicyclic) bond motifs is 2. The van der Waals surface area contributed by atoms with Gasteiger partial charge in [0.2, 0.25) is 0 Å². The third-order valence-electron chi connectivity index (χ3n) is 5.36. The maximum atomic E-state index is 12.7. The number of amides is 1. The zero-order chi connectivity index (χ0) is 20.8. The van der Waals surface area contributed by atoms with Crippen LogP contribution in [-0.2, 0) is 6.42 Å². The Morgan fingerprint density at radius 1 is 1.07 bits per heavy atom. The summed E-state index contributed by atoms with van der Waals surface area (Å²) in [5.74, 6) is 0.582. The molecule has 2 aromatic carbocycles. The molecule has 0 fully saturated rings. The summed E-state index contributed by atoms with van der Waals surface area (Å²) in [6, 6.07) is 13.2. The molecule has 0 radical (unpaired) electrons. The minimum atomic E-state index is -0.597. The highest BCUT2D eigenvalue weighted by Gasteiger charge is 2.38. The lowest BCUT2D eigenvalue weighted by Gasteiger charge is -2.42. The van der Waals surface area contributed by atoms with Gasteiger partial charge < -0.3 is 15.6 Å². The molecule has 1 atom stereocenters. The minimum absolute atomic E-state index is 0.0713. The number of hydrogen-bond donors (Lipinski definition) is 3. The first kappa shape index (κ1) is 19.2. The quantitative estimate of drug-likeness (QED) is 0.633. The van der Waals surface area contributed by atoms with Crippen LogP contribution in [0.3, 0.4) is 0 Å². The zero-order valence-electron chi connectivity index (χ0n) is 17.2. The van der Waals surface area contributed by atoms with Gasteiger partial charge in [-0.25, -0.2) is 4.98 Å². The number of para-hydroxylation sites is 1. The Kier molecular flexibility index (Phi) is 4.45. The van der Waals surface area contributed by atoms with Crippen LogP contribution in [0.15, 0.2) is 47.3 Å². The van der Waals surface area contributed by atoms with Crippen molar-refractivity contribution in [1.82, 2.24) is 15.3 Å². The van der Waals surface area contributed by atoms with E-state index >= 15 is 0 Å². The van der Waals surface area contributed by atoms with Crippen molar-refractivity contribution in [2.75, 3.05) is 5.32 Å². The first-order chi connectivity index (χ1) is 13.6. The molecule has 0 aliphatic carbocycles. The van der Waals surface area contributed by atoms with Gasteiger partial charge in [0.25, 0.3) is 11.5 Å². The van der Waals surface area contributed by atoms with Crippen molar-refractivity contribution < 1.29 is 4.79 Å². The number of hydrogen-bond acceptors (Lipinski definition) is 4. The number of nitrogens with one attached hydrogen (secondary N) is 3. The summed E-state index contributed by atoms with van der Waals surface area (Å²) in [5, 5.41) is 7.20. The van der Waals surface area contributed by atoms with Gasteiger partial charge in [-0.15, -0.1) is 0 Å². The molecule has 3 aromatic rings. The summed E-state index contributed by atoms with van der Waals surface area (Å²) in [4.78, 5) is 32.6. The van der Waals surface area contributed by atoms with E-state index in [1.807, 2.05) is 50.2 Å². The standard InChI is InChI=1S/C23H26N4O2/c1-14-9-10-18-16(11-14)21(29)27-23(4,26-18)13-22(2,3)12-19-24-17-8-6-5-7-15(17)20(28)25-19/h5-11,26H,12-13H2,1-4H3,(H,27,29)(H,24,25,28). The summed E-state index contributed by atoms with van der Waals surface area (Å²) in [6.45, 7) is 8.20. The molecule has 1 aliphatic rings. The number of aromatic amines is 1. The van der Waals surface area contributed by atoms with Gasteiger partial charge in [0.1, 0.15) is 11.5 Å². The number of H-pyrrole nitrogens is 1. The van der Waals surface area contributed by atoms with Crippen LogP contribution in [0.5, 0.6) is 0 Å². The Labute approximate surface area is 169 Å². The fraction of sp³-hybridized carbons (Fsp3) is 0.348. The molecule has 2 heterocycles. The number of aromatic nitrogens is 2. The van der Waals surface area contributed by atoms with Crippen molar-refractivity contribution in [3.8, 4) is 0 Å². The number of anilines is 1. The monoisotopic (exact) mass is 390 g/mol. The SMILES string of the molecule is Cc1ccc2c(c1)C(=O)NC(C)(CC(C)(C)Cc1nc3ccccc3c(=O)[nH]1)N2. The molecule has 0 bridgehead atoms. The Bertz CT molecular complexity index is 1160. The van der Waals surface area contributed by atoms with Gasteiger partial charge in [-0.2, -0.15) is 0 Å². The summed E-state index contributed by atoms with van der Waals surface area (Å²) in [5.41, 5.74) is 2.31. The molecule has 1 aliphatic heterocycles. The van der Waals surface area contributed by atoms with E-state index in [0.717, 1.165) is 11.3 Å². The number of aryl methyl sites for hydroxylation is 1. The summed E-state index contributed by atoms with van der Waals surface area (Å²) < 4.78 is 0. The molecule has 29 heavy (non-hydrogen) atoms. The summed E-state index contributed by atoms with van der Waals surface area (Å²) >= 11 is 0. The van der Waals surface area contributed by atoms with Crippen LogP contribution < -0.4 is 16.2 Å². The van der Waals surface area contributed by atoms with Crippen LogP contribution in [0.2, 0.25) is 0 Å². The van der Waals surface area contributed by atoms with Gasteiger partial charge in [0, 0.05) is 12.1 Å². The average molecular weight is 390 g/mol. The molecule has 4 rings (SSSR count). The second kappa shape index (κ2) is 6.72. The van der Waals surface area contributed by atoms with Crippen LogP contribution in [-0.4, -0.2) is 21.5 Å². The van der Waals surface area contributed by atoms with Crippen LogP contribution in [0, 0.1) is 12.3 Å². The van der Waals surface area contributed by atoms with Crippen LogP contribution in [0.25, 0.3) is 10.9 Å². The van der Waals surface area contributed by atoms with E-state index in [0.29, 0.717) is 35.1 Å². The van der Waals surface area contributed by atoms with Gasteiger partial charge >= 0.3 is 0 Å². The van der Waals surface area contributed by atoms with Gasteiger partial charge in [-0.05, 0) is 49.9 Å². The summed E-state index contributed by atoms with van der Waals surface area (Å²) in [7, 11) is 0. The Hall–Kier alpha value is -3.15. The predicted molar refractivity (Wildman–Crippen MR) is 115 cm³/mol. The number of rotatable bonds is 4. The molecule has 0 spiro atoms. The highest BCUT2D eigenvalue weighted by molar-refractivity contribution is 6.02. The maximum Gasteiger partial charge on any atom is 0.258 e. The molecule has 1 unspecified atom stereocenters. The Balaban J connectivity index is 1.58.